The highest BCUT2D eigenvalue weighted by molar-refractivity contribution is 8.03. The van der Waals surface area contributed by atoms with E-state index in [1.165, 1.54) is 10.6 Å². The van der Waals surface area contributed by atoms with Gasteiger partial charge in [0.25, 0.3) is 0 Å². The first-order valence-corrected chi connectivity index (χ1v) is 9.27. The molecule has 0 spiro atoms. The van der Waals surface area contributed by atoms with Crippen LogP contribution < -0.4 is 9.64 Å². The summed E-state index contributed by atoms with van der Waals surface area (Å²) in [6.07, 6.45) is 3.51. The Morgan fingerprint density at radius 3 is 2.58 bits per heavy atom. The van der Waals surface area contributed by atoms with E-state index in [2.05, 4.69) is 17.0 Å². The average molecular weight is 364 g/mol. The Labute approximate surface area is 157 Å². The fourth-order valence-corrected chi connectivity index (χ4v) is 4.23. The van der Waals surface area contributed by atoms with Crippen LogP contribution in [0.1, 0.15) is 10.4 Å². The standard InChI is InChI=1S/C21H20N2O2S/c1-22(2)21-15(20(24)14-8-4-6-10-17(14)25-21)12-13-19-23(3)16-9-5-7-11-18(16)26-19/h4-13,21H,1-3H3/b15-12+,19-13+/t21-/m0/s1. The minimum absolute atomic E-state index is 0.0190. The number of allylic oxidation sites excluding steroid dienone is 2. The zero-order valence-corrected chi connectivity index (χ0v) is 15.8. The zero-order valence-electron chi connectivity index (χ0n) is 15.0. The summed E-state index contributed by atoms with van der Waals surface area (Å²) < 4.78 is 6.07. The van der Waals surface area contributed by atoms with Gasteiger partial charge in [0.15, 0.2) is 12.0 Å². The first-order chi connectivity index (χ1) is 12.6. The summed E-state index contributed by atoms with van der Waals surface area (Å²) in [6.45, 7) is 0. The van der Waals surface area contributed by atoms with Gasteiger partial charge in [0, 0.05) is 11.9 Å². The van der Waals surface area contributed by atoms with Crippen molar-refractivity contribution in [3.63, 3.8) is 0 Å². The normalized spacial score (nSPS) is 21.9. The van der Waals surface area contributed by atoms with Gasteiger partial charge in [0.05, 0.1) is 21.9 Å². The number of anilines is 1. The summed E-state index contributed by atoms with van der Waals surface area (Å²) in [5.41, 5.74) is 2.44. The summed E-state index contributed by atoms with van der Waals surface area (Å²) >= 11 is 1.71. The van der Waals surface area contributed by atoms with Crippen molar-refractivity contribution < 1.29 is 9.53 Å². The lowest BCUT2D eigenvalue weighted by atomic mass is 9.97. The molecule has 2 heterocycles. The van der Waals surface area contributed by atoms with Crippen molar-refractivity contribution in [2.75, 3.05) is 26.0 Å². The number of benzene rings is 2. The molecule has 4 nitrogen and oxygen atoms in total. The number of carbonyl (C=O) groups is 1. The van der Waals surface area contributed by atoms with Crippen molar-refractivity contribution in [2.45, 2.75) is 11.1 Å². The predicted octanol–water partition coefficient (Wildman–Crippen LogP) is 4.16. The Morgan fingerprint density at radius 2 is 1.81 bits per heavy atom. The number of ether oxygens (including phenoxy) is 1. The fraction of sp³-hybridized carbons (Fsp3) is 0.190. The van der Waals surface area contributed by atoms with Crippen molar-refractivity contribution in [3.05, 3.63) is 76.8 Å². The largest absolute Gasteiger partial charge is 0.470 e. The number of para-hydroxylation sites is 2. The number of ketones is 1. The van der Waals surface area contributed by atoms with Crippen LogP contribution in [0.4, 0.5) is 5.69 Å². The van der Waals surface area contributed by atoms with Gasteiger partial charge in [-0.3, -0.25) is 9.69 Å². The van der Waals surface area contributed by atoms with Gasteiger partial charge in [-0.2, -0.15) is 0 Å². The Morgan fingerprint density at radius 1 is 1.08 bits per heavy atom. The van der Waals surface area contributed by atoms with Crippen LogP contribution in [0, 0.1) is 0 Å². The summed E-state index contributed by atoms with van der Waals surface area (Å²) in [6, 6.07) is 15.7. The number of Topliss-reactive ketones (excluding diaryl/α,β-unsaturated/α-hetero) is 1. The molecule has 4 rings (SSSR count). The van der Waals surface area contributed by atoms with Gasteiger partial charge in [-0.1, -0.05) is 36.0 Å². The highest BCUT2D eigenvalue weighted by Crippen LogP contribution is 2.44. The maximum Gasteiger partial charge on any atom is 0.197 e. The first kappa shape index (κ1) is 16.9. The van der Waals surface area contributed by atoms with Crippen LogP contribution in [0.3, 0.4) is 0 Å². The van der Waals surface area contributed by atoms with Crippen LogP contribution in [-0.4, -0.2) is 38.1 Å². The van der Waals surface area contributed by atoms with E-state index in [1.807, 2.05) is 74.6 Å². The molecule has 26 heavy (non-hydrogen) atoms. The van der Waals surface area contributed by atoms with E-state index in [1.54, 1.807) is 11.8 Å². The molecule has 2 aliphatic rings. The van der Waals surface area contributed by atoms with E-state index in [0.717, 1.165) is 5.03 Å². The third-order valence-corrected chi connectivity index (χ3v) is 5.73. The first-order valence-electron chi connectivity index (χ1n) is 8.45. The second-order valence-corrected chi connectivity index (χ2v) is 7.58. The van der Waals surface area contributed by atoms with Gasteiger partial charge < -0.3 is 9.64 Å². The lowest BCUT2D eigenvalue weighted by Gasteiger charge is -2.31. The number of rotatable bonds is 2. The van der Waals surface area contributed by atoms with Gasteiger partial charge in [-0.05, 0) is 50.5 Å². The average Bonchev–Trinajstić information content (AvgIpc) is 2.97. The Hall–Kier alpha value is -2.50. The molecular formula is C21H20N2O2S. The molecule has 2 aromatic carbocycles. The number of carbonyl (C=O) groups excluding carboxylic acids is 1. The quantitative estimate of drug-likeness (QED) is 0.747. The monoisotopic (exact) mass is 364 g/mol. The van der Waals surface area contributed by atoms with Crippen LogP contribution in [-0.2, 0) is 0 Å². The van der Waals surface area contributed by atoms with Crippen LogP contribution in [0.25, 0.3) is 0 Å². The van der Waals surface area contributed by atoms with Gasteiger partial charge in [-0.15, -0.1) is 0 Å². The molecule has 2 aromatic rings. The van der Waals surface area contributed by atoms with Crippen LogP contribution >= 0.6 is 11.8 Å². The van der Waals surface area contributed by atoms with Gasteiger partial charge in [-0.25, -0.2) is 0 Å². The summed E-state index contributed by atoms with van der Waals surface area (Å²) in [5.74, 6) is 0.659. The Kier molecular flexibility index (Phi) is 4.34. The topological polar surface area (TPSA) is 32.8 Å². The molecule has 0 unspecified atom stereocenters. The molecule has 0 saturated heterocycles. The molecule has 0 N–H and O–H groups in total. The van der Waals surface area contributed by atoms with E-state index < -0.39 is 6.23 Å². The highest BCUT2D eigenvalue weighted by atomic mass is 32.2. The Bertz CT molecular complexity index is 933. The van der Waals surface area contributed by atoms with E-state index in [0.29, 0.717) is 16.9 Å². The van der Waals surface area contributed by atoms with Crippen LogP contribution in [0.2, 0.25) is 0 Å². The molecular weight excluding hydrogens is 344 g/mol. The molecule has 0 saturated carbocycles. The van der Waals surface area contributed by atoms with Crippen molar-refractivity contribution in [2.24, 2.45) is 0 Å². The number of fused-ring (bicyclic) bond motifs is 2. The maximum atomic E-state index is 13.0. The molecule has 0 fully saturated rings. The van der Waals surface area contributed by atoms with Gasteiger partial charge in [0.2, 0.25) is 0 Å². The second-order valence-electron chi connectivity index (χ2n) is 6.51. The molecule has 0 bridgehead atoms. The smallest absolute Gasteiger partial charge is 0.197 e. The molecule has 1 atom stereocenters. The second kappa shape index (κ2) is 6.67. The van der Waals surface area contributed by atoms with Crippen LogP contribution in [0.15, 0.2) is 76.2 Å². The number of hydrogen-bond acceptors (Lipinski definition) is 5. The van der Waals surface area contributed by atoms with Crippen LogP contribution in [0.5, 0.6) is 5.75 Å². The SMILES string of the molecule is CN1/C(=C\C=C2/C(=O)c3ccccc3O[C@@H]2N(C)C)Sc2ccccc21. The highest BCUT2D eigenvalue weighted by Gasteiger charge is 2.32. The lowest BCUT2D eigenvalue weighted by Crippen LogP contribution is -2.41. The van der Waals surface area contributed by atoms with Crippen molar-refractivity contribution in [3.8, 4) is 5.75 Å². The predicted molar refractivity (Wildman–Crippen MR) is 106 cm³/mol. The number of nitrogens with zero attached hydrogens (tertiary/aromatic N) is 2. The molecule has 0 radical (unpaired) electrons. The van der Waals surface area contributed by atoms with Gasteiger partial charge >= 0.3 is 0 Å². The van der Waals surface area contributed by atoms with E-state index in [-0.39, 0.29) is 5.78 Å². The maximum absolute atomic E-state index is 13.0. The third kappa shape index (κ3) is 2.83. The molecule has 0 amide bonds. The molecule has 132 valence electrons. The van der Waals surface area contributed by atoms with Gasteiger partial charge in [0.1, 0.15) is 5.75 Å². The number of thioether (sulfide) groups is 1. The minimum Gasteiger partial charge on any atom is -0.470 e. The minimum atomic E-state index is -0.395. The Balaban J connectivity index is 1.71. The molecule has 0 aliphatic carbocycles. The van der Waals surface area contributed by atoms with E-state index >= 15 is 0 Å². The number of likely N-dealkylation sites (N-methyl/N-ethyl adjacent to an activating group) is 1. The molecule has 0 aromatic heterocycles. The lowest BCUT2D eigenvalue weighted by molar-refractivity contribution is 0.0699. The fourth-order valence-electron chi connectivity index (χ4n) is 3.18. The summed E-state index contributed by atoms with van der Waals surface area (Å²) in [5, 5.41) is 1.09. The third-order valence-electron chi connectivity index (χ3n) is 4.54. The number of hydrogen-bond donors (Lipinski definition) is 0. The van der Waals surface area contributed by atoms with E-state index in [4.69, 9.17) is 4.74 Å². The zero-order chi connectivity index (χ0) is 18.3. The molecule has 2 aliphatic heterocycles. The molecule has 5 heteroatoms. The van der Waals surface area contributed by atoms with Crippen molar-refractivity contribution in [1.82, 2.24) is 4.90 Å². The summed E-state index contributed by atoms with van der Waals surface area (Å²) in [4.78, 5) is 18.3. The van der Waals surface area contributed by atoms with E-state index in [9.17, 15) is 4.79 Å². The van der Waals surface area contributed by atoms with Crippen molar-refractivity contribution in [1.29, 1.82) is 0 Å². The summed E-state index contributed by atoms with van der Waals surface area (Å²) in [7, 11) is 5.87. The van der Waals surface area contributed by atoms with Crippen molar-refractivity contribution >= 4 is 23.2 Å².